The molecule has 0 aliphatic carbocycles. The van der Waals surface area contributed by atoms with Gasteiger partial charge in [0.2, 0.25) is 0 Å². The minimum Gasteiger partial charge on any atom is -0.423 e. The van der Waals surface area contributed by atoms with Crippen molar-refractivity contribution in [1.82, 2.24) is 15.0 Å². The van der Waals surface area contributed by atoms with Gasteiger partial charge in [-0.25, -0.2) is 4.98 Å². The highest BCUT2D eigenvalue weighted by molar-refractivity contribution is 5.74. The second kappa shape index (κ2) is 3.93. The zero-order valence-electron chi connectivity index (χ0n) is 9.42. The van der Waals surface area contributed by atoms with Gasteiger partial charge in [0.25, 0.3) is 6.01 Å². The third kappa shape index (κ3) is 1.87. The lowest BCUT2D eigenvalue weighted by atomic mass is 10.3. The number of para-hydroxylation sites is 2. The van der Waals surface area contributed by atoms with E-state index in [1.165, 1.54) is 0 Å². The lowest BCUT2D eigenvalue weighted by Gasteiger charge is -2.11. The van der Waals surface area contributed by atoms with Gasteiger partial charge in [0, 0.05) is 19.4 Å². The molecule has 0 saturated carbocycles. The van der Waals surface area contributed by atoms with Crippen molar-refractivity contribution in [3.8, 4) is 0 Å². The molecule has 2 heterocycles. The largest absolute Gasteiger partial charge is 0.423 e. The van der Waals surface area contributed by atoms with Gasteiger partial charge in [0.15, 0.2) is 5.58 Å². The molecule has 17 heavy (non-hydrogen) atoms. The van der Waals surface area contributed by atoms with Crippen molar-refractivity contribution in [2.75, 3.05) is 11.9 Å². The van der Waals surface area contributed by atoms with Crippen LogP contribution in [0.3, 0.4) is 0 Å². The van der Waals surface area contributed by atoms with Crippen LogP contribution < -0.4 is 4.90 Å². The van der Waals surface area contributed by atoms with Crippen molar-refractivity contribution in [2.24, 2.45) is 0 Å². The molecule has 0 saturated heterocycles. The normalized spacial score (nSPS) is 10.9. The molecule has 86 valence electrons. The Morgan fingerprint density at radius 3 is 3.00 bits per heavy atom. The summed E-state index contributed by atoms with van der Waals surface area (Å²) in [5.74, 6) is 0.884. The maximum absolute atomic E-state index is 5.65. The van der Waals surface area contributed by atoms with Crippen LogP contribution >= 0.6 is 0 Å². The molecular formula is C12H12N4O. The molecule has 3 aromatic rings. The number of anilines is 1. The summed E-state index contributed by atoms with van der Waals surface area (Å²) in [4.78, 5) is 13.5. The number of nitrogens with zero attached hydrogens (tertiary/aromatic N) is 3. The van der Waals surface area contributed by atoms with Crippen LogP contribution in [0.15, 0.2) is 41.1 Å². The fourth-order valence-electron chi connectivity index (χ4n) is 1.70. The second-order valence-electron chi connectivity index (χ2n) is 3.86. The van der Waals surface area contributed by atoms with Gasteiger partial charge < -0.3 is 14.3 Å². The van der Waals surface area contributed by atoms with Crippen molar-refractivity contribution < 1.29 is 4.42 Å². The molecule has 0 amide bonds. The van der Waals surface area contributed by atoms with Crippen molar-refractivity contribution in [3.63, 3.8) is 0 Å². The Kier molecular flexibility index (Phi) is 2.29. The lowest BCUT2D eigenvalue weighted by Crippen LogP contribution is -2.17. The van der Waals surface area contributed by atoms with Gasteiger partial charge in [-0.05, 0) is 12.1 Å². The summed E-state index contributed by atoms with van der Waals surface area (Å²) in [6.45, 7) is 0.639. The van der Waals surface area contributed by atoms with Gasteiger partial charge in [-0.15, -0.1) is 0 Å². The highest BCUT2D eigenvalue weighted by Gasteiger charge is 2.10. The Balaban J connectivity index is 1.88. The van der Waals surface area contributed by atoms with E-state index in [0.29, 0.717) is 12.6 Å². The molecule has 1 aromatic carbocycles. The van der Waals surface area contributed by atoms with E-state index in [2.05, 4.69) is 15.0 Å². The summed E-state index contributed by atoms with van der Waals surface area (Å²) < 4.78 is 5.65. The fraction of sp³-hybridized carbons (Fsp3) is 0.167. The molecule has 2 aromatic heterocycles. The number of aromatic amines is 1. The summed E-state index contributed by atoms with van der Waals surface area (Å²) in [6.07, 6.45) is 3.53. The highest BCUT2D eigenvalue weighted by atomic mass is 16.4. The third-order valence-corrected chi connectivity index (χ3v) is 2.55. The molecular weight excluding hydrogens is 216 g/mol. The van der Waals surface area contributed by atoms with E-state index in [1.54, 1.807) is 12.4 Å². The molecule has 3 rings (SSSR count). The Labute approximate surface area is 98.1 Å². The van der Waals surface area contributed by atoms with Crippen molar-refractivity contribution in [1.29, 1.82) is 0 Å². The molecule has 5 nitrogen and oxygen atoms in total. The molecule has 0 unspecified atom stereocenters. The first kappa shape index (κ1) is 9.89. The number of nitrogens with one attached hydrogen (secondary N) is 1. The number of oxazole rings is 1. The minimum atomic E-state index is 0.600. The Hall–Kier alpha value is -2.30. The van der Waals surface area contributed by atoms with Gasteiger partial charge >= 0.3 is 0 Å². The quantitative estimate of drug-likeness (QED) is 0.746. The number of hydrogen-bond acceptors (Lipinski definition) is 4. The molecule has 0 fully saturated rings. The first-order chi connectivity index (χ1) is 8.33. The zero-order valence-corrected chi connectivity index (χ0v) is 9.42. The number of aromatic nitrogens is 3. The number of hydrogen-bond donors (Lipinski definition) is 1. The van der Waals surface area contributed by atoms with Crippen LogP contribution in [-0.2, 0) is 6.54 Å². The highest BCUT2D eigenvalue weighted by Crippen LogP contribution is 2.21. The van der Waals surface area contributed by atoms with E-state index in [9.17, 15) is 0 Å². The average Bonchev–Trinajstić information content (AvgIpc) is 2.96. The van der Waals surface area contributed by atoms with Crippen LogP contribution in [-0.4, -0.2) is 22.0 Å². The predicted molar refractivity (Wildman–Crippen MR) is 64.7 cm³/mol. The fourth-order valence-corrected chi connectivity index (χ4v) is 1.70. The molecule has 0 bridgehead atoms. The van der Waals surface area contributed by atoms with E-state index in [-0.39, 0.29) is 0 Å². The van der Waals surface area contributed by atoms with Gasteiger partial charge in [-0.1, -0.05) is 12.1 Å². The van der Waals surface area contributed by atoms with E-state index >= 15 is 0 Å². The van der Waals surface area contributed by atoms with Gasteiger partial charge in [-0.3, -0.25) is 0 Å². The Bertz CT molecular complexity index is 581. The summed E-state index contributed by atoms with van der Waals surface area (Å²) in [7, 11) is 1.92. The summed E-state index contributed by atoms with van der Waals surface area (Å²) in [5.41, 5.74) is 1.67. The van der Waals surface area contributed by atoms with E-state index in [0.717, 1.165) is 16.9 Å². The van der Waals surface area contributed by atoms with Crippen molar-refractivity contribution in [2.45, 2.75) is 6.54 Å². The van der Waals surface area contributed by atoms with E-state index in [4.69, 9.17) is 4.42 Å². The average molecular weight is 228 g/mol. The van der Waals surface area contributed by atoms with Crippen LogP contribution in [0.4, 0.5) is 6.01 Å². The van der Waals surface area contributed by atoms with Gasteiger partial charge in [-0.2, -0.15) is 4.98 Å². The lowest BCUT2D eigenvalue weighted by molar-refractivity contribution is 0.579. The smallest absolute Gasteiger partial charge is 0.298 e. The number of benzene rings is 1. The maximum atomic E-state index is 5.65. The number of imidazole rings is 1. The molecule has 0 atom stereocenters. The van der Waals surface area contributed by atoms with E-state index < -0.39 is 0 Å². The minimum absolute atomic E-state index is 0.600. The van der Waals surface area contributed by atoms with Gasteiger partial charge in [0.1, 0.15) is 11.3 Å². The SMILES string of the molecule is CN(Cc1ncc[nH]1)c1nc2ccccc2o1. The van der Waals surface area contributed by atoms with Crippen molar-refractivity contribution >= 4 is 17.1 Å². The molecule has 1 N–H and O–H groups in total. The molecule has 0 spiro atoms. The topological polar surface area (TPSA) is 58.0 Å². The predicted octanol–water partition coefficient (Wildman–Crippen LogP) is 2.19. The Morgan fingerprint density at radius 1 is 1.35 bits per heavy atom. The molecule has 0 aliphatic heterocycles. The number of H-pyrrole nitrogens is 1. The second-order valence-corrected chi connectivity index (χ2v) is 3.86. The van der Waals surface area contributed by atoms with Crippen LogP contribution in [0, 0.1) is 0 Å². The standard InChI is InChI=1S/C12H12N4O/c1-16(8-11-13-6-7-14-11)12-15-9-4-2-3-5-10(9)17-12/h2-7H,8H2,1H3,(H,13,14). The van der Waals surface area contributed by atoms with Crippen LogP contribution in [0.1, 0.15) is 5.82 Å². The zero-order chi connectivity index (χ0) is 11.7. The van der Waals surface area contributed by atoms with Gasteiger partial charge in [0.05, 0.1) is 6.54 Å². The summed E-state index contributed by atoms with van der Waals surface area (Å²) >= 11 is 0. The van der Waals surface area contributed by atoms with Crippen LogP contribution in [0.2, 0.25) is 0 Å². The first-order valence-electron chi connectivity index (χ1n) is 5.38. The van der Waals surface area contributed by atoms with Crippen LogP contribution in [0.25, 0.3) is 11.1 Å². The molecule has 0 aliphatic rings. The molecule has 0 radical (unpaired) electrons. The van der Waals surface area contributed by atoms with Crippen molar-refractivity contribution in [3.05, 3.63) is 42.5 Å². The Morgan fingerprint density at radius 2 is 2.24 bits per heavy atom. The summed E-state index contributed by atoms with van der Waals surface area (Å²) in [6, 6.07) is 8.32. The van der Waals surface area contributed by atoms with Crippen LogP contribution in [0.5, 0.6) is 0 Å². The number of rotatable bonds is 3. The van der Waals surface area contributed by atoms with E-state index in [1.807, 2.05) is 36.2 Å². The third-order valence-electron chi connectivity index (χ3n) is 2.55. The monoisotopic (exact) mass is 228 g/mol. The number of fused-ring (bicyclic) bond motifs is 1. The maximum Gasteiger partial charge on any atom is 0.298 e. The summed E-state index contributed by atoms with van der Waals surface area (Å²) in [5, 5.41) is 0. The first-order valence-corrected chi connectivity index (χ1v) is 5.38. The molecule has 5 heteroatoms.